The maximum Gasteiger partial charge on any atom is 0.317 e. The number of carboxylic acids is 1. The fourth-order valence-electron chi connectivity index (χ4n) is 1.39. The average Bonchev–Trinajstić information content (AvgIpc) is 2.24. The molecule has 0 aliphatic carbocycles. The van der Waals surface area contributed by atoms with Crippen LogP contribution in [-0.2, 0) is 4.79 Å². The Morgan fingerprint density at radius 3 is 2.50 bits per heavy atom. The molecule has 98 valence electrons. The first-order valence-corrected chi connectivity index (χ1v) is 6.22. The maximum atomic E-state index is 11.0. The van der Waals surface area contributed by atoms with Gasteiger partial charge in [0.25, 0.3) is 5.69 Å². The molecule has 18 heavy (non-hydrogen) atoms. The zero-order valence-corrected chi connectivity index (χ0v) is 11.1. The van der Waals surface area contributed by atoms with E-state index in [1.54, 1.807) is 0 Å². The fourth-order valence-corrected chi connectivity index (χ4v) is 2.36. The summed E-state index contributed by atoms with van der Waals surface area (Å²) in [5.41, 5.74) is 0.230. The van der Waals surface area contributed by atoms with E-state index in [1.807, 2.05) is 13.8 Å². The van der Waals surface area contributed by atoms with Crippen LogP contribution in [0.2, 0.25) is 0 Å². The van der Waals surface area contributed by atoms with E-state index >= 15 is 0 Å². The Bertz CT molecular complexity index is 476. The molecule has 0 spiro atoms. The van der Waals surface area contributed by atoms with E-state index in [-0.39, 0.29) is 17.3 Å². The third kappa shape index (κ3) is 3.43. The SMILES string of the molecule is Cc1nc(SC(C(=O)O)C(C)C)ccc1[N+](=O)[O-]. The highest BCUT2D eigenvalue weighted by atomic mass is 32.2. The van der Waals surface area contributed by atoms with Gasteiger partial charge in [-0.1, -0.05) is 25.6 Å². The van der Waals surface area contributed by atoms with Crippen LogP contribution in [0.15, 0.2) is 17.2 Å². The monoisotopic (exact) mass is 270 g/mol. The van der Waals surface area contributed by atoms with Crippen LogP contribution in [0, 0.1) is 23.0 Å². The molecule has 0 saturated carbocycles. The molecule has 7 heteroatoms. The Morgan fingerprint density at radius 1 is 1.50 bits per heavy atom. The van der Waals surface area contributed by atoms with Crippen molar-refractivity contribution in [2.45, 2.75) is 31.0 Å². The normalized spacial score (nSPS) is 12.4. The Balaban J connectivity index is 2.95. The summed E-state index contributed by atoms with van der Waals surface area (Å²) in [6.45, 7) is 5.15. The van der Waals surface area contributed by atoms with E-state index in [2.05, 4.69) is 4.98 Å². The number of nitro groups is 1. The second-order valence-corrected chi connectivity index (χ2v) is 5.29. The van der Waals surface area contributed by atoms with Gasteiger partial charge in [0, 0.05) is 6.07 Å². The number of carbonyl (C=O) groups is 1. The molecule has 0 radical (unpaired) electrons. The number of rotatable bonds is 5. The third-order valence-corrected chi connectivity index (χ3v) is 3.79. The predicted molar refractivity (Wildman–Crippen MR) is 67.7 cm³/mol. The molecule has 0 aromatic carbocycles. The number of aromatic nitrogens is 1. The molecule has 1 rings (SSSR count). The van der Waals surface area contributed by atoms with Crippen molar-refractivity contribution in [1.82, 2.24) is 4.98 Å². The molecular weight excluding hydrogens is 256 g/mol. The molecule has 6 nitrogen and oxygen atoms in total. The summed E-state index contributed by atoms with van der Waals surface area (Å²) in [4.78, 5) is 25.2. The van der Waals surface area contributed by atoms with Gasteiger partial charge in [0.2, 0.25) is 0 Å². The van der Waals surface area contributed by atoms with E-state index in [1.165, 1.54) is 19.1 Å². The van der Waals surface area contributed by atoms with Crippen molar-refractivity contribution >= 4 is 23.4 Å². The van der Waals surface area contributed by atoms with Crippen LogP contribution >= 0.6 is 11.8 Å². The van der Waals surface area contributed by atoms with Gasteiger partial charge in [-0.2, -0.15) is 0 Å². The van der Waals surface area contributed by atoms with Gasteiger partial charge in [-0.15, -0.1) is 0 Å². The van der Waals surface area contributed by atoms with Crippen molar-refractivity contribution in [3.8, 4) is 0 Å². The molecule has 1 unspecified atom stereocenters. The number of aryl methyl sites for hydroxylation is 1. The van der Waals surface area contributed by atoms with Crippen molar-refractivity contribution in [3.63, 3.8) is 0 Å². The molecule has 0 amide bonds. The van der Waals surface area contributed by atoms with Gasteiger partial charge >= 0.3 is 5.97 Å². The van der Waals surface area contributed by atoms with Crippen LogP contribution in [-0.4, -0.2) is 26.2 Å². The predicted octanol–water partition coefficient (Wildman–Crippen LogP) is 2.50. The molecular formula is C11H14N2O4S. The van der Waals surface area contributed by atoms with Crippen LogP contribution in [0.1, 0.15) is 19.5 Å². The van der Waals surface area contributed by atoms with Crippen molar-refractivity contribution in [2.75, 3.05) is 0 Å². The first-order chi connectivity index (χ1) is 8.32. The zero-order chi connectivity index (χ0) is 13.9. The van der Waals surface area contributed by atoms with E-state index in [9.17, 15) is 14.9 Å². The standard InChI is InChI=1S/C11H14N2O4S/c1-6(2)10(11(14)15)18-9-5-4-8(13(16)17)7(3)12-9/h4-6,10H,1-3H3,(H,14,15). The van der Waals surface area contributed by atoms with Crippen LogP contribution in [0.3, 0.4) is 0 Å². The number of nitrogens with zero attached hydrogens (tertiary/aromatic N) is 2. The van der Waals surface area contributed by atoms with Gasteiger partial charge in [0.05, 0.1) is 9.95 Å². The zero-order valence-electron chi connectivity index (χ0n) is 10.3. The first kappa shape index (κ1) is 14.4. The highest BCUT2D eigenvalue weighted by Gasteiger charge is 2.24. The Labute approximate surface area is 109 Å². The minimum absolute atomic E-state index is 0.0511. The largest absolute Gasteiger partial charge is 0.480 e. The minimum atomic E-state index is -0.909. The van der Waals surface area contributed by atoms with Crippen molar-refractivity contribution in [3.05, 3.63) is 27.9 Å². The van der Waals surface area contributed by atoms with Crippen LogP contribution < -0.4 is 0 Å². The summed E-state index contributed by atoms with van der Waals surface area (Å²) in [7, 11) is 0. The van der Waals surface area contributed by atoms with Gasteiger partial charge in [-0.05, 0) is 18.9 Å². The van der Waals surface area contributed by atoms with E-state index in [0.29, 0.717) is 5.03 Å². The Morgan fingerprint density at radius 2 is 2.11 bits per heavy atom. The maximum absolute atomic E-state index is 11.0. The lowest BCUT2D eigenvalue weighted by atomic mass is 10.1. The molecule has 1 heterocycles. The summed E-state index contributed by atoms with van der Waals surface area (Å²) in [6.07, 6.45) is 0. The summed E-state index contributed by atoms with van der Waals surface area (Å²) in [5.74, 6) is -0.961. The molecule has 0 saturated heterocycles. The quantitative estimate of drug-likeness (QED) is 0.502. The molecule has 1 aromatic heterocycles. The Hall–Kier alpha value is -1.63. The molecule has 1 aromatic rings. The number of pyridine rings is 1. The van der Waals surface area contributed by atoms with Gasteiger partial charge < -0.3 is 5.11 Å². The fraction of sp³-hybridized carbons (Fsp3) is 0.455. The molecule has 0 bridgehead atoms. The highest BCUT2D eigenvalue weighted by molar-refractivity contribution is 8.00. The first-order valence-electron chi connectivity index (χ1n) is 5.34. The number of hydrogen-bond donors (Lipinski definition) is 1. The third-order valence-electron chi connectivity index (χ3n) is 2.33. The van der Waals surface area contributed by atoms with Gasteiger partial charge in [0.15, 0.2) is 0 Å². The number of hydrogen-bond acceptors (Lipinski definition) is 5. The van der Waals surface area contributed by atoms with Crippen LogP contribution in [0.5, 0.6) is 0 Å². The van der Waals surface area contributed by atoms with Crippen molar-refractivity contribution in [1.29, 1.82) is 0 Å². The Kier molecular flexibility index (Phi) is 4.66. The molecule has 1 N–H and O–H groups in total. The highest BCUT2D eigenvalue weighted by Crippen LogP contribution is 2.29. The summed E-state index contributed by atoms with van der Waals surface area (Å²) < 4.78 is 0. The van der Waals surface area contributed by atoms with Crippen LogP contribution in [0.4, 0.5) is 5.69 Å². The number of carboxylic acid groups (broad SMARTS) is 1. The molecule has 0 aliphatic heterocycles. The lowest BCUT2D eigenvalue weighted by Gasteiger charge is -2.14. The van der Waals surface area contributed by atoms with Crippen LogP contribution in [0.25, 0.3) is 0 Å². The number of aliphatic carboxylic acids is 1. The topological polar surface area (TPSA) is 93.3 Å². The molecule has 0 fully saturated rings. The lowest BCUT2D eigenvalue weighted by molar-refractivity contribution is -0.385. The second-order valence-electron chi connectivity index (χ2n) is 4.13. The lowest BCUT2D eigenvalue weighted by Crippen LogP contribution is -2.22. The number of thioether (sulfide) groups is 1. The smallest absolute Gasteiger partial charge is 0.317 e. The summed E-state index contributed by atoms with van der Waals surface area (Å²) in [5, 5.41) is 19.6. The van der Waals surface area contributed by atoms with Gasteiger partial charge in [-0.25, -0.2) is 4.98 Å². The minimum Gasteiger partial charge on any atom is -0.480 e. The average molecular weight is 270 g/mol. The van der Waals surface area contributed by atoms with E-state index in [4.69, 9.17) is 5.11 Å². The van der Waals surface area contributed by atoms with Gasteiger partial charge in [-0.3, -0.25) is 14.9 Å². The van der Waals surface area contributed by atoms with Crippen molar-refractivity contribution in [2.24, 2.45) is 5.92 Å². The van der Waals surface area contributed by atoms with E-state index in [0.717, 1.165) is 11.8 Å². The summed E-state index contributed by atoms with van der Waals surface area (Å²) >= 11 is 1.11. The summed E-state index contributed by atoms with van der Waals surface area (Å²) in [6, 6.07) is 2.83. The van der Waals surface area contributed by atoms with E-state index < -0.39 is 16.1 Å². The van der Waals surface area contributed by atoms with Gasteiger partial charge in [0.1, 0.15) is 10.9 Å². The molecule has 1 atom stereocenters. The van der Waals surface area contributed by atoms with Crippen molar-refractivity contribution < 1.29 is 14.8 Å². The molecule has 0 aliphatic rings. The second kappa shape index (κ2) is 5.81.